The molecule has 0 bridgehead atoms. The normalized spacial score (nSPS) is 11.4. The molecule has 0 amide bonds. The summed E-state index contributed by atoms with van der Waals surface area (Å²) in [5.41, 5.74) is 5.59. The SMILES string of the molecule is O=c1c(C/C=C/c2ccccc2)nc2c(Cc3ccccc3)[nH]c(-c3ccccc3)cn1-2. The molecule has 2 aliphatic rings. The molecule has 4 heteroatoms. The molecule has 0 spiro atoms. The van der Waals surface area contributed by atoms with Crippen molar-refractivity contribution < 1.29 is 0 Å². The van der Waals surface area contributed by atoms with E-state index in [0.29, 0.717) is 24.4 Å². The number of imidazole rings is 1. The Morgan fingerprint density at radius 1 is 0.844 bits per heavy atom. The number of nitrogens with zero attached hydrogens (tertiary/aromatic N) is 2. The van der Waals surface area contributed by atoms with E-state index in [1.165, 1.54) is 0 Å². The molecule has 2 heterocycles. The molecule has 32 heavy (non-hydrogen) atoms. The van der Waals surface area contributed by atoms with Crippen LogP contribution in [0.15, 0.2) is 108 Å². The summed E-state index contributed by atoms with van der Waals surface area (Å²) in [5, 5.41) is 0. The first-order chi connectivity index (χ1) is 15.8. The number of H-pyrrole nitrogens is 1. The maximum atomic E-state index is 13.2. The summed E-state index contributed by atoms with van der Waals surface area (Å²) in [6.07, 6.45) is 7.04. The third-order valence-electron chi connectivity index (χ3n) is 5.48. The lowest BCUT2D eigenvalue weighted by molar-refractivity contribution is 0.914. The number of aromatic amines is 1. The summed E-state index contributed by atoms with van der Waals surface area (Å²) in [7, 11) is 0. The van der Waals surface area contributed by atoms with Gasteiger partial charge < -0.3 is 4.98 Å². The van der Waals surface area contributed by atoms with Gasteiger partial charge in [0.05, 0.1) is 11.4 Å². The van der Waals surface area contributed by atoms with Gasteiger partial charge in [0.2, 0.25) is 0 Å². The highest BCUT2D eigenvalue weighted by Crippen LogP contribution is 2.23. The zero-order valence-electron chi connectivity index (χ0n) is 17.6. The Bertz CT molecular complexity index is 1370. The molecule has 0 radical (unpaired) electrons. The predicted octanol–water partition coefficient (Wildman–Crippen LogP) is 5.51. The number of hydrogen-bond acceptors (Lipinski definition) is 2. The van der Waals surface area contributed by atoms with Crippen LogP contribution in [0, 0.1) is 0 Å². The zero-order valence-corrected chi connectivity index (χ0v) is 17.6. The number of fused-ring (bicyclic) bond motifs is 1. The van der Waals surface area contributed by atoms with Crippen LogP contribution in [0.1, 0.15) is 22.5 Å². The van der Waals surface area contributed by atoms with Crippen molar-refractivity contribution in [3.8, 4) is 17.1 Å². The van der Waals surface area contributed by atoms with Crippen LogP contribution < -0.4 is 5.56 Å². The third kappa shape index (κ3) is 4.16. The van der Waals surface area contributed by atoms with Crippen molar-refractivity contribution in [2.45, 2.75) is 12.8 Å². The minimum absolute atomic E-state index is 0.0711. The number of rotatable bonds is 6. The molecule has 0 aliphatic carbocycles. The summed E-state index contributed by atoms with van der Waals surface area (Å²) in [4.78, 5) is 21.5. The van der Waals surface area contributed by atoms with Crippen molar-refractivity contribution in [1.82, 2.24) is 14.5 Å². The quantitative estimate of drug-likeness (QED) is 0.396. The first-order valence-electron chi connectivity index (χ1n) is 10.7. The average Bonchev–Trinajstić information content (AvgIpc) is 3.17. The summed E-state index contributed by atoms with van der Waals surface area (Å²) >= 11 is 0. The molecule has 5 rings (SSSR count). The lowest BCUT2D eigenvalue weighted by Crippen LogP contribution is -2.17. The largest absolute Gasteiger partial charge is 0.354 e. The molecular formula is C28H23N3O. The molecule has 4 nitrogen and oxygen atoms in total. The molecule has 1 N–H and O–H groups in total. The number of allylic oxidation sites excluding steroid dienone is 1. The number of nitrogens with one attached hydrogen (secondary N) is 1. The Balaban J connectivity index is 1.56. The van der Waals surface area contributed by atoms with Gasteiger partial charge in [0.1, 0.15) is 5.69 Å². The lowest BCUT2D eigenvalue weighted by Gasteiger charge is -2.13. The van der Waals surface area contributed by atoms with Gasteiger partial charge in [0.25, 0.3) is 5.56 Å². The van der Waals surface area contributed by atoms with Crippen LogP contribution in [-0.4, -0.2) is 14.5 Å². The van der Waals surface area contributed by atoms with Crippen LogP contribution in [0.4, 0.5) is 0 Å². The minimum atomic E-state index is -0.0711. The van der Waals surface area contributed by atoms with E-state index < -0.39 is 0 Å². The second kappa shape index (κ2) is 8.90. The molecule has 2 aliphatic heterocycles. The van der Waals surface area contributed by atoms with Gasteiger partial charge >= 0.3 is 0 Å². The number of hydrogen-bond donors (Lipinski definition) is 1. The fraction of sp³-hybridized carbons (Fsp3) is 0.0714. The highest BCUT2D eigenvalue weighted by Gasteiger charge is 2.19. The van der Waals surface area contributed by atoms with E-state index in [4.69, 9.17) is 4.98 Å². The van der Waals surface area contributed by atoms with Crippen molar-refractivity contribution in [1.29, 1.82) is 0 Å². The first kappa shape index (κ1) is 19.8. The third-order valence-corrected chi connectivity index (χ3v) is 5.48. The molecule has 0 saturated carbocycles. The van der Waals surface area contributed by atoms with E-state index in [0.717, 1.165) is 28.1 Å². The highest BCUT2D eigenvalue weighted by molar-refractivity contribution is 5.60. The fourth-order valence-electron chi connectivity index (χ4n) is 3.87. The van der Waals surface area contributed by atoms with Crippen LogP contribution in [0.3, 0.4) is 0 Å². The van der Waals surface area contributed by atoms with Crippen LogP contribution in [0.25, 0.3) is 23.2 Å². The minimum Gasteiger partial charge on any atom is -0.354 e. The van der Waals surface area contributed by atoms with Crippen molar-refractivity contribution in [3.05, 3.63) is 136 Å². The summed E-state index contributed by atoms with van der Waals surface area (Å²) < 4.78 is 1.68. The van der Waals surface area contributed by atoms with Crippen molar-refractivity contribution in [3.63, 3.8) is 0 Å². The molecule has 0 atom stereocenters. The fourth-order valence-corrected chi connectivity index (χ4v) is 3.87. The average molecular weight is 418 g/mol. The lowest BCUT2D eigenvalue weighted by atomic mass is 10.1. The topological polar surface area (TPSA) is 50.7 Å². The summed E-state index contributed by atoms with van der Waals surface area (Å²) in [6.45, 7) is 0. The number of benzene rings is 3. The molecule has 0 saturated heterocycles. The van der Waals surface area contributed by atoms with Crippen LogP contribution in [0.2, 0.25) is 0 Å². The maximum Gasteiger partial charge on any atom is 0.278 e. The Morgan fingerprint density at radius 3 is 2.22 bits per heavy atom. The zero-order chi connectivity index (χ0) is 21.8. The van der Waals surface area contributed by atoms with Crippen LogP contribution >= 0.6 is 0 Å². The molecule has 3 aromatic rings. The standard InChI is InChI=1S/C28H23N3O/c32-28-24(18-10-15-21-11-4-1-5-12-21)30-27-25(19-22-13-6-2-7-14-22)29-26(20-31(27)28)23-16-8-3-9-17-23/h1-17,20,29H,18-19H2/b15-10+. The summed E-state index contributed by atoms with van der Waals surface area (Å²) in [5.74, 6) is 0.682. The molecular weight excluding hydrogens is 394 g/mol. The molecule has 0 fully saturated rings. The van der Waals surface area contributed by atoms with Gasteiger partial charge in [-0.15, -0.1) is 0 Å². The van der Waals surface area contributed by atoms with E-state index in [1.807, 2.05) is 97.2 Å². The first-order valence-corrected chi connectivity index (χ1v) is 10.7. The maximum absolute atomic E-state index is 13.2. The Labute approximate surface area is 186 Å². The van der Waals surface area contributed by atoms with Gasteiger partial charge in [-0.2, -0.15) is 0 Å². The van der Waals surface area contributed by atoms with Gasteiger partial charge in [0.15, 0.2) is 5.82 Å². The van der Waals surface area contributed by atoms with E-state index >= 15 is 0 Å². The Kier molecular flexibility index (Phi) is 5.50. The predicted molar refractivity (Wildman–Crippen MR) is 129 cm³/mol. The number of aromatic nitrogens is 3. The van der Waals surface area contributed by atoms with Crippen molar-refractivity contribution in [2.75, 3.05) is 0 Å². The van der Waals surface area contributed by atoms with E-state index in [1.54, 1.807) is 4.57 Å². The van der Waals surface area contributed by atoms with Gasteiger partial charge in [-0.25, -0.2) is 4.98 Å². The van der Waals surface area contributed by atoms with E-state index in [2.05, 4.69) is 17.1 Å². The van der Waals surface area contributed by atoms with E-state index in [9.17, 15) is 4.79 Å². The molecule has 156 valence electrons. The second-order valence-corrected chi connectivity index (χ2v) is 7.75. The van der Waals surface area contributed by atoms with Crippen LogP contribution in [-0.2, 0) is 12.8 Å². The second-order valence-electron chi connectivity index (χ2n) is 7.75. The Hall–Kier alpha value is -4.18. The van der Waals surface area contributed by atoms with Gasteiger partial charge in [0, 0.05) is 19.0 Å². The molecule has 0 aromatic heterocycles. The Morgan fingerprint density at radius 2 is 1.50 bits per heavy atom. The van der Waals surface area contributed by atoms with Gasteiger partial charge in [-0.05, 0) is 16.7 Å². The monoisotopic (exact) mass is 417 g/mol. The summed E-state index contributed by atoms with van der Waals surface area (Å²) in [6, 6.07) is 30.4. The smallest absolute Gasteiger partial charge is 0.278 e. The molecule has 0 unspecified atom stereocenters. The van der Waals surface area contributed by atoms with Gasteiger partial charge in [-0.1, -0.05) is 103 Å². The van der Waals surface area contributed by atoms with Crippen molar-refractivity contribution >= 4 is 6.08 Å². The van der Waals surface area contributed by atoms with E-state index in [-0.39, 0.29) is 5.56 Å². The highest BCUT2D eigenvalue weighted by atomic mass is 16.1. The molecule has 3 aromatic carbocycles. The van der Waals surface area contributed by atoms with Crippen molar-refractivity contribution in [2.24, 2.45) is 0 Å². The van der Waals surface area contributed by atoms with Gasteiger partial charge in [-0.3, -0.25) is 9.36 Å². The van der Waals surface area contributed by atoms with Crippen LogP contribution in [0.5, 0.6) is 0 Å².